The number of nitrogens with zero attached hydrogens (tertiary/aromatic N) is 2. The number of amides is 1. The molecule has 1 heterocycles. The van der Waals surface area contributed by atoms with Crippen molar-refractivity contribution in [1.82, 2.24) is 15.3 Å². The van der Waals surface area contributed by atoms with E-state index in [4.69, 9.17) is 0 Å². The van der Waals surface area contributed by atoms with E-state index in [0.717, 1.165) is 18.4 Å². The highest BCUT2D eigenvalue weighted by Crippen LogP contribution is 2.49. The number of anilines is 1. The molecule has 2 aromatic rings. The van der Waals surface area contributed by atoms with Crippen LogP contribution in [0.25, 0.3) is 0 Å². The number of halogens is 1. The summed E-state index contributed by atoms with van der Waals surface area (Å²) in [7, 11) is 3.45. The summed E-state index contributed by atoms with van der Waals surface area (Å²) in [5, 5.41) is 2.94. The number of H-pyrrole nitrogens is 1. The van der Waals surface area contributed by atoms with E-state index in [1.807, 2.05) is 32.9 Å². The van der Waals surface area contributed by atoms with E-state index < -0.39 is 17.5 Å². The van der Waals surface area contributed by atoms with Gasteiger partial charge in [0, 0.05) is 20.2 Å². The molecule has 3 rings (SSSR count). The fourth-order valence-electron chi connectivity index (χ4n) is 3.44. The molecule has 1 atom stereocenters. The lowest BCUT2D eigenvalue weighted by Crippen LogP contribution is -2.38. The maximum absolute atomic E-state index is 14.8. The first-order valence-electron chi connectivity index (χ1n) is 9.80. The third-order valence-corrected chi connectivity index (χ3v) is 5.50. The van der Waals surface area contributed by atoms with Crippen molar-refractivity contribution in [3.05, 3.63) is 57.3 Å². The number of aromatic nitrogens is 2. The number of hydrogen-bond acceptors (Lipinski definition) is 4. The molecule has 0 aliphatic heterocycles. The van der Waals surface area contributed by atoms with E-state index in [2.05, 4.69) is 22.2 Å². The van der Waals surface area contributed by atoms with Gasteiger partial charge in [0.05, 0.1) is 6.04 Å². The molecule has 0 saturated heterocycles. The highest BCUT2D eigenvalue weighted by molar-refractivity contribution is 5.92. The molecule has 1 aliphatic carbocycles. The predicted molar refractivity (Wildman–Crippen MR) is 112 cm³/mol. The SMILES string of the molecule is CN(C)c1nc(C(=O)N[C@H](c2ccc(C3(C)CC3)c(F)c2)C(C)(C)C)cc(=O)[nH]1. The van der Waals surface area contributed by atoms with Gasteiger partial charge in [0.2, 0.25) is 5.95 Å². The minimum atomic E-state index is -0.474. The monoisotopic (exact) mass is 400 g/mol. The van der Waals surface area contributed by atoms with Crippen LogP contribution >= 0.6 is 0 Å². The van der Waals surface area contributed by atoms with Crippen LogP contribution in [0.4, 0.5) is 10.3 Å². The van der Waals surface area contributed by atoms with Gasteiger partial charge in [-0.2, -0.15) is 0 Å². The van der Waals surface area contributed by atoms with Crippen LogP contribution in [0.2, 0.25) is 0 Å². The summed E-state index contributed by atoms with van der Waals surface area (Å²) in [6, 6.07) is 5.95. The van der Waals surface area contributed by atoms with Gasteiger partial charge in [-0.15, -0.1) is 0 Å². The van der Waals surface area contributed by atoms with Gasteiger partial charge in [-0.1, -0.05) is 39.8 Å². The van der Waals surface area contributed by atoms with E-state index in [-0.39, 0.29) is 22.3 Å². The summed E-state index contributed by atoms with van der Waals surface area (Å²) >= 11 is 0. The van der Waals surface area contributed by atoms with Gasteiger partial charge in [0.15, 0.2) is 0 Å². The van der Waals surface area contributed by atoms with Crippen molar-refractivity contribution in [2.24, 2.45) is 5.41 Å². The van der Waals surface area contributed by atoms with E-state index >= 15 is 0 Å². The number of aromatic amines is 1. The molecule has 156 valence electrons. The molecule has 0 bridgehead atoms. The van der Waals surface area contributed by atoms with Crippen molar-refractivity contribution in [3.8, 4) is 0 Å². The molecule has 0 radical (unpaired) electrons. The van der Waals surface area contributed by atoms with Gasteiger partial charge in [0.25, 0.3) is 11.5 Å². The predicted octanol–water partition coefficient (Wildman–Crippen LogP) is 3.54. The van der Waals surface area contributed by atoms with Crippen molar-refractivity contribution < 1.29 is 9.18 Å². The lowest BCUT2D eigenvalue weighted by atomic mass is 9.81. The molecule has 2 N–H and O–H groups in total. The highest BCUT2D eigenvalue weighted by atomic mass is 19.1. The Hall–Kier alpha value is -2.70. The van der Waals surface area contributed by atoms with E-state index in [9.17, 15) is 14.0 Å². The van der Waals surface area contributed by atoms with Crippen LogP contribution in [-0.2, 0) is 5.41 Å². The summed E-state index contributed by atoms with van der Waals surface area (Å²) in [5.74, 6) is -0.420. The van der Waals surface area contributed by atoms with Crippen molar-refractivity contribution in [2.45, 2.75) is 52.0 Å². The first-order valence-corrected chi connectivity index (χ1v) is 9.80. The van der Waals surface area contributed by atoms with Crippen molar-refractivity contribution in [2.75, 3.05) is 19.0 Å². The van der Waals surface area contributed by atoms with Crippen LogP contribution in [-0.4, -0.2) is 30.0 Å². The van der Waals surface area contributed by atoms with Gasteiger partial charge in [0.1, 0.15) is 11.5 Å². The van der Waals surface area contributed by atoms with Gasteiger partial charge in [-0.25, -0.2) is 9.37 Å². The Morgan fingerprint density at radius 3 is 2.45 bits per heavy atom. The van der Waals surface area contributed by atoms with Crippen molar-refractivity contribution in [1.29, 1.82) is 0 Å². The van der Waals surface area contributed by atoms with Crippen LogP contribution in [0.5, 0.6) is 0 Å². The molecule has 1 amide bonds. The number of nitrogens with one attached hydrogen (secondary N) is 2. The maximum Gasteiger partial charge on any atom is 0.270 e. The molecule has 7 heteroatoms. The fraction of sp³-hybridized carbons (Fsp3) is 0.500. The first-order chi connectivity index (χ1) is 13.4. The van der Waals surface area contributed by atoms with Crippen molar-refractivity contribution >= 4 is 11.9 Å². The Morgan fingerprint density at radius 2 is 1.93 bits per heavy atom. The molecule has 0 spiro atoms. The van der Waals surface area contributed by atoms with Gasteiger partial charge >= 0.3 is 0 Å². The van der Waals surface area contributed by atoms with E-state index in [1.54, 1.807) is 19.0 Å². The lowest BCUT2D eigenvalue weighted by molar-refractivity contribution is 0.0896. The molecular weight excluding hydrogens is 371 g/mol. The number of carbonyl (C=O) groups is 1. The Bertz CT molecular complexity index is 987. The second-order valence-corrected chi connectivity index (χ2v) is 9.42. The standard InChI is InChI=1S/C22H29FN4O2/c1-21(2,3)18(13-7-8-14(15(23)11-13)22(4)9-10-22)26-19(29)16-12-17(28)25-20(24-16)27(5)6/h7-8,11-12,18H,9-10H2,1-6H3,(H,26,29)(H,24,25,28)/t18-/m1/s1. The Kier molecular flexibility index (Phi) is 5.28. The topological polar surface area (TPSA) is 78.1 Å². The number of rotatable bonds is 5. The molecule has 29 heavy (non-hydrogen) atoms. The molecule has 0 unspecified atom stereocenters. The zero-order chi connectivity index (χ0) is 21.6. The molecule has 1 aliphatic rings. The largest absolute Gasteiger partial charge is 0.348 e. The summed E-state index contributed by atoms with van der Waals surface area (Å²) < 4.78 is 14.8. The summed E-state index contributed by atoms with van der Waals surface area (Å²) in [5.41, 5.74) is 0.587. The van der Waals surface area contributed by atoms with Crippen LogP contribution in [0.1, 0.15) is 68.2 Å². The van der Waals surface area contributed by atoms with Gasteiger partial charge < -0.3 is 10.2 Å². The average Bonchev–Trinajstić information content (AvgIpc) is 3.36. The minimum Gasteiger partial charge on any atom is -0.348 e. The Labute approximate surface area is 170 Å². The molecule has 1 aromatic heterocycles. The van der Waals surface area contributed by atoms with Crippen LogP contribution in [0.15, 0.2) is 29.1 Å². The normalized spacial score (nSPS) is 16.2. The zero-order valence-electron chi connectivity index (χ0n) is 17.9. The van der Waals surface area contributed by atoms with Crippen molar-refractivity contribution in [3.63, 3.8) is 0 Å². The summed E-state index contributed by atoms with van der Waals surface area (Å²) in [4.78, 5) is 33.2. The Morgan fingerprint density at radius 1 is 1.28 bits per heavy atom. The van der Waals surface area contributed by atoms with E-state index in [0.29, 0.717) is 11.5 Å². The number of benzene rings is 1. The van der Waals surface area contributed by atoms with E-state index in [1.165, 1.54) is 12.1 Å². The van der Waals surface area contributed by atoms with Gasteiger partial charge in [-0.05, 0) is 40.9 Å². The zero-order valence-corrected chi connectivity index (χ0v) is 17.9. The lowest BCUT2D eigenvalue weighted by Gasteiger charge is -2.32. The molecule has 1 saturated carbocycles. The minimum absolute atomic E-state index is 0.0225. The molecule has 6 nitrogen and oxygen atoms in total. The highest BCUT2D eigenvalue weighted by Gasteiger charge is 2.41. The summed E-state index contributed by atoms with van der Waals surface area (Å²) in [6.45, 7) is 7.99. The molecular formula is C22H29FN4O2. The Balaban J connectivity index is 1.92. The van der Waals surface area contributed by atoms with Crippen LogP contribution in [0.3, 0.4) is 0 Å². The average molecular weight is 400 g/mol. The third-order valence-electron chi connectivity index (χ3n) is 5.50. The smallest absolute Gasteiger partial charge is 0.270 e. The summed E-state index contributed by atoms with van der Waals surface area (Å²) in [6.07, 6.45) is 1.98. The maximum atomic E-state index is 14.8. The van der Waals surface area contributed by atoms with Gasteiger partial charge in [-0.3, -0.25) is 14.6 Å². The third kappa shape index (κ3) is 4.49. The van der Waals surface area contributed by atoms with Crippen LogP contribution < -0.4 is 15.8 Å². The fourth-order valence-corrected chi connectivity index (χ4v) is 3.44. The number of hydrogen-bond donors (Lipinski definition) is 2. The first kappa shape index (κ1) is 21.0. The second kappa shape index (κ2) is 7.28. The quantitative estimate of drug-likeness (QED) is 0.805. The molecule has 1 fully saturated rings. The molecule has 1 aromatic carbocycles. The van der Waals surface area contributed by atoms with Crippen LogP contribution in [0, 0.1) is 11.2 Å². The number of carbonyl (C=O) groups excluding carboxylic acids is 1. The second-order valence-electron chi connectivity index (χ2n) is 9.42.